The lowest BCUT2D eigenvalue weighted by Gasteiger charge is -2.26. The summed E-state index contributed by atoms with van der Waals surface area (Å²) in [5.74, 6) is -0.207. The molecule has 0 aliphatic carbocycles. The van der Waals surface area contributed by atoms with Crippen molar-refractivity contribution in [3.63, 3.8) is 0 Å². The summed E-state index contributed by atoms with van der Waals surface area (Å²) in [4.78, 5) is 14.1. The molecular weight excluding hydrogens is 282 g/mol. The van der Waals surface area contributed by atoms with Gasteiger partial charge in [0.05, 0.1) is 0 Å². The van der Waals surface area contributed by atoms with Gasteiger partial charge in [-0.2, -0.15) is 11.3 Å². The van der Waals surface area contributed by atoms with Gasteiger partial charge < -0.3 is 9.64 Å². The van der Waals surface area contributed by atoms with E-state index in [2.05, 4.69) is 11.4 Å². The van der Waals surface area contributed by atoms with Crippen molar-refractivity contribution in [2.75, 3.05) is 11.4 Å². The Morgan fingerprint density at radius 2 is 1.90 bits per heavy atom. The highest BCUT2D eigenvalue weighted by molar-refractivity contribution is 7.07. The summed E-state index contributed by atoms with van der Waals surface area (Å²) in [5.41, 5.74) is 1.77. The highest BCUT2D eigenvalue weighted by atomic mass is 32.1. The topological polar surface area (TPSA) is 29.5 Å². The molecule has 0 saturated carbocycles. The van der Waals surface area contributed by atoms with Gasteiger partial charge in [-0.3, -0.25) is 4.79 Å². The second kappa shape index (κ2) is 6.76. The van der Waals surface area contributed by atoms with Crippen molar-refractivity contribution < 1.29 is 9.53 Å². The number of hydrogen-bond acceptors (Lipinski definition) is 4. The summed E-state index contributed by atoms with van der Waals surface area (Å²) in [5, 5.41) is 4.15. The number of thiophene rings is 1. The molecule has 112 valence electrons. The monoisotopic (exact) mass is 303 g/mol. The summed E-state index contributed by atoms with van der Waals surface area (Å²) in [7, 11) is 0. The minimum absolute atomic E-state index is 0.207. The molecule has 0 fully saturated rings. The number of benzene rings is 1. The van der Waals surface area contributed by atoms with Gasteiger partial charge in [0.25, 0.3) is 0 Å². The minimum Gasteiger partial charge on any atom is -0.459 e. The van der Waals surface area contributed by atoms with Crippen LogP contribution in [-0.4, -0.2) is 18.1 Å². The molecule has 21 heavy (non-hydrogen) atoms. The van der Waals surface area contributed by atoms with Crippen LogP contribution in [0.5, 0.6) is 0 Å². The number of carbonyl (C=O) groups is 1. The highest BCUT2D eigenvalue weighted by Gasteiger charge is 2.19. The maximum absolute atomic E-state index is 12.1. The summed E-state index contributed by atoms with van der Waals surface area (Å²) in [6.07, 6.45) is 0. The fraction of sp³-hybridized carbons (Fsp3) is 0.353. The summed E-state index contributed by atoms with van der Waals surface area (Å²) in [6.45, 7) is 6.60. The van der Waals surface area contributed by atoms with E-state index in [-0.39, 0.29) is 12.5 Å². The largest absolute Gasteiger partial charge is 0.459 e. The Kier molecular flexibility index (Phi) is 5.02. The van der Waals surface area contributed by atoms with Crippen molar-refractivity contribution in [3.05, 3.63) is 52.7 Å². The molecule has 4 heteroatoms. The molecule has 0 unspecified atom stereocenters. The van der Waals surface area contributed by atoms with Crippen LogP contribution in [-0.2, 0) is 16.1 Å². The molecule has 2 rings (SSSR count). The number of ether oxygens (including phenoxy) is 1. The van der Waals surface area contributed by atoms with Crippen LogP contribution in [0.15, 0.2) is 47.2 Å². The molecule has 0 N–H and O–H groups in total. The molecule has 1 aromatic heterocycles. The fourth-order valence-electron chi connectivity index (χ4n) is 2.01. The second-order valence-electron chi connectivity index (χ2n) is 5.91. The average molecular weight is 303 g/mol. The highest BCUT2D eigenvalue weighted by Crippen LogP contribution is 2.19. The third-order valence-corrected chi connectivity index (χ3v) is 3.55. The minimum atomic E-state index is -0.457. The van der Waals surface area contributed by atoms with Crippen molar-refractivity contribution in [2.24, 2.45) is 0 Å². The van der Waals surface area contributed by atoms with Crippen LogP contribution in [0.3, 0.4) is 0 Å². The van der Waals surface area contributed by atoms with Gasteiger partial charge in [0.2, 0.25) is 0 Å². The number of rotatable bonds is 5. The Hall–Kier alpha value is -1.81. The lowest BCUT2D eigenvalue weighted by molar-refractivity contribution is -0.153. The van der Waals surface area contributed by atoms with Gasteiger partial charge in [-0.05, 0) is 55.3 Å². The molecule has 2 aromatic rings. The Bertz CT molecular complexity index is 558. The molecule has 1 aromatic carbocycles. The van der Waals surface area contributed by atoms with E-state index in [4.69, 9.17) is 4.74 Å². The molecule has 3 nitrogen and oxygen atoms in total. The Morgan fingerprint density at radius 3 is 2.48 bits per heavy atom. The fourth-order valence-corrected chi connectivity index (χ4v) is 2.67. The van der Waals surface area contributed by atoms with Crippen molar-refractivity contribution in [1.29, 1.82) is 0 Å². The average Bonchev–Trinajstić information content (AvgIpc) is 2.90. The molecule has 0 bridgehead atoms. The molecule has 0 aliphatic heterocycles. The predicted molar refractivity (Wildman–Crippen MR) is 87.7 cm³/mol. The van der Waals surface area contributed by atoms with E-state index < -0.39 is 5.60 Å². The van der Waals surface area contributed by atoms with Gasteiger partial charge in [-0.25, -0.2) is 0 Å². The van der Waals surface area contributed by atoms with Gasteiger partial charge in [-0.15, -0.1) is 0 Å². The van der Waals surface area contributed by atoms with E-state index in [9.17, 15) is 4.79 Å². The normalized spacial score (nSPS) is 11.2. The first-order valence-electron chi connectivity index (χ1n) is 6.97. The van der Waals surface area contributed by atoms with Crippen LogP contribution in [0.25, 0.3) is 0 Å². The third kappa shape index (κ3) is 5.23. The number of esters is 1. The van der Waals surface area contributed by atoms with Crippen molar-refractivity contribution >= 4 is 23.0 Å². The standard InChI is InChI=1S/C17H21NO2S/c1-17(2,3)20-16(19)12-18(11-14-9-10-21-13-14)15-7-5-4-6-8-15/h4-10,13H,11-12H2,1-3H3. The van der Waals surface area contributed by atoms with E-state index in [1.165, 1.54) is 5.56 Å². The van der Waals surface area contributed by atoms with E-state index >= 15 is 0 Å². The van der Waals surface area contributed by atoms with Gasteiger partial charge >= 0.3 is 5.97 Å². The Morgan fingerprint density at radius 1 is 1.19 bits per heavy atom. The van der Waals surface area contributed by atoms with Gasteiger partial charge in [-0.1, -0.05) is 18.2 Å². The summed E-state index contributed by atoms with van der Waals surface area (Å²) >= 11 is 1.66. The maximum atomic E-state index is 12.1. The van der Waals surface area contributed by atoms with E-state index in [1.807, 2.05) is 61.4 Å². The Balaban J connectivity index is 2.11. The molecule has 0 radical (unpaired) electrons. The van der Waals surface area contributed by atoms with Crippen LogP contribution >= 0.6 is 11.3 Å². The number of carbonyl (C=O) groups excluding carboxylic acids is 1. The van der Waals surface area contributed by atoms with Crippen LogP contribution in [0, 0.1) is 0 Å². The van der Waals surface area contributed by atoms with Gasteiger partial charge in [0.15, 0.2) is 0 Å². The Labute approximate surface area is 130 Å². The van der Waals surface area contributed by atoms with Crippen LogP contribution in [0.4, 0.5) is 5.69 Å². The lowest BCUT2D eigenvalue weighted by atomic mass is 10.2. The smallest absolute Gasteiger partial charge is 0.326 e. The van der Waals surface area contributed by atoms with Gasteiger partial charge in [0.1, 0.15) is 12.1 Å². The predicted octanol–water partition coefficient (Wildman–Crippen LogP) is 4.10. The SMILES string of the molecule is CC(C)(C)OC(=O)CN(Cc1ccsc1)c1ccccc1. The zero-order chi connectivity index (χ0) is 15.3. The number of anilines is 1. The number of para-hydroxylation sites is 1. The van der Waals surface area contributed by atoms with Crippen LogP contribution in [0.2, 0.25) is 0 Å². The first-order valence-corrected chi connectivity index (χ1v) is 7.91. The molecule has 0 aliphatic rings. The molecule has 0 spiro atoms. The molecule has 0 saturated heterocycles. The van der Waals surface area contributed by atoms with Gasteiger partial charge in [0, 0.05) is 12.2 Å². The molecular formula is C17H21NO2S. The first-order chi connectivity index (χ1) is 9.94. The van der Waals surface area contributed by atoms with E-state index in [1.54, 1.807) is 11.3 Å². The van der Waals surface area contributed by atoms with Crippen LogP contribution in [0.1, 0.15) is 26.3 Å². The number of nitrogens with zero attached hydrogens (tertiary/aromatic N) is 1. The molecule has 0 atom stereocenters. The quantitative estimate of drug-likeness (QED) is 0.779. The zero-order valence-corrected chi connectivity index (χ0v) is 13.5. The lowest BCUT2D eigenvalue weighted by Crippen LogP contribution is -2.34. The number of hydrogen-bond donors (Lipinski definition) is 0. The molecule has 1 heterocycles. The van der Waals surface area contributed by atoms with Crippen molar-refractivity contribution in [2.45, 2.75) is 32.9 Å². The first kappa shape index (κ1) is 15.6. The third-order valence-electron chi connectivity index (χ3n) is 2.81. The zero-order valence-electron chi connectivity index (χ0n) is 12.7. The van der Waals surface area contributed by atoms with E-state index in [0.717, 1.165) is 5.69 Å². The van der Waals surface area contributed by atoms with Crippen LogP contribution < -0.4 is 4.90 Å². The summed E-state index contributed by atoms with van der Waals surface area (Å²) in [6, 6.07) is 12.0. The van der Waals surface area contributed by atoms with Crippen molar-refractivity contribution in [3.8, 4) is 0 Å². The maximum Gasteiger partial charge on any atom is 0.326 e. The second-order valence-corrected chi connectivity index (χ2v) is 6.69. The molecule has 0 amide bonds. The van der Waals surface area contributed by atoms with E-state index in [0.29, 0.717) is 6.54 Å². The summed E-state index contributed by atoms with van der Waals surface area (Å²) < 4.78 is 5.43. The van der Waals surface area contributed by atoms with Crippen molar-refractivity contribution in [1.82, 2.24) is 0 Å².